The summed E-state index contributed by atoms with van der Waals surface area (Å²) in [5.41, 5.74) is 2.84. The summed E-state index contributed by atoms with van der Waals surface area (Å²) in [6, 6.07) is 6.49. The van der Waals surface area contributed by atoms with Crippen LogP contribution in [-0.4, -0.2) is 51.9 Å². The number of carbonyl (C=O) groups excluding carboxylic acids is 1. The molecule has 4 rings (SSSR count). The monoisotopic (exact) mass is 489 g/mol. The molecule has 9 heteroatoms. The smallest absolute Gasteiger partial charge is 0.323 e. The molecule has 1 aromatic heterocycles. The number of benzene rings is 1. The minimum Gasteiger partial charge on any atom is -0.494 e. The van der Waals surface area contributed by atoms with Gasteiger partial charge in [-0.1, -0.05) is 36.7 Å². The molecule has 33 heavy (non-hydrogen) atoms. The van der Waals surface area contributed by atoms with Gasteiger partial charge in [-0.2, -0.15) is 0 Å². The van der Waals surface area contributed by atoms with Crippen LogP contribution in [0.1, 0.15) is 56.1 Å². The third-order valence-corrected chi connectivity index (χ3v) is 8.29. The van der Waals surface area contributed by atoms with Crippen molar-refractivity contribution >= 4 is 40.2 Å². The van der Waals surface area contributed by atoms with E-state index in [-0.39, 0.29) is 17.8 Å². The first-order valence-corrected chi connectivity index (χ1v) is 13.5. The Kier molecular flexibility index (Phi) is 8.50. The number of carboxylic acid groups (broad SMARTS) is 1. The van der Waals surface area contributed by atoms with Crippen LogP contribution in [0.2, 0.25) is 0 Å². The number of urea groups is 1. The molecule has 0 radical (unpaired) electrons. The predicted octanol–water partition coefficient (Wildman–Crippen LogP) is 5.44. The Morgan fingerprint density at radius 1 is 1.18 bits per heavy atom. The highest BCUT2D eigenvalue weighted by Crippen LogP contribution is 2.29. The molecule has 0 unspecified atom stereocenters. The lowest BCUT2D eigenvalue weighted by Gasteiger charge is -2.34. The zero-order valence-corrected chi connectivity index (χ0v) is 20.4. The van der Waals surface area contributed by atoms with Crippen LogP contribution in [-0.2, 0) is 17.6 Å². The number of thioether (sulfide) groups is 1. The van der Waals surface area contributed by atoms with Gasteiger partial charge >= 0.3 is 12.0 Å². The van der Waals surface area contributed by atoms with E-state index in [2.05, 4.69) is 28.5 Å². The van der Waals surface area contributed by atoms with Crippen molar-refractivity contribution in [3.8, 4) is 5.75 Å². The third kappa shape index (κ3) is 6.86. The number of thiazole rings is 1. The maximum atomic E-state index is 13.1. The van der Waals surface area contributed by atoms with Crippen molar-refractivity contribution in [2.75, 3.05) is 24.2 Å². The molecule has 0 spiro atoms. The maximum Gasteiger partial charge on any atom is 0.323 e. The topological polar surface area (TPSA) is 91.8 Å². The maximum absolute atomic E-state index is 13.1. The quantitative estimate of drug-likeness (QED) is 0.341. The molecule has 1 saturated carbocycles. The molecule has 7 nitrogen and oxygen atoms in total. The minimum atomic E-state index is -0.871. The van der Waals surface area contributed by atoms with Gasteiger partial charge in [0.2, 0.25) is 0 Å². The minimum absolute atomic E-state index is 0.0198. The van der Waals surface area contributed by atoms with Crippen LogP contribution >= 0.6 is 23.1 Å². The standard InChI is InChI=1S/C24H31N3O4S2/c28-21(29)16-32-22-15-25-23(33-22)26-24(30)27(19-8-2-1-3-9-19)12-5-13-31-20-11-10-17-6-4-7-18(17)14-20/h10-11,14-15,19H,1-9,12-13,16H2,(H,28,29)(H,25,26,30). The molecular formula is C24H31N3O4S2. The van der Waals surface area contributed by atoms with Crippen molar-refractivity contribution in [3.63, 3.8) is 0 Å². The fraction of sp³-hybridized carbons (Fsp3) is 0.542. The van der Waals surface area contributed by atoms with Crippen LogP contribution in [0.5, 0.6) is 5.75 Å². The number of carbonyl (C=O) groups is 2. The Hall–Kier alpha value is -2.26. The Labute approximate surface area is 202 Å². The summed E-state index contributed by atoms with van der Waals surface area (Å²) in [5, 5.41) is 12.3. The number of hydrogen-bond acceptors (Lipinski definition) is 6. The van der Waals surface area contributed by atoms with Crippen molar-refractivity contribution in [3.05, 3.63) is 35.5 Å². The Bertz CT molecular complexity index is 959. The van der Waals surface area contributed by atoms with Gasteiger partial charge in [0.1, 0.15) is 5.75 Å². The summed E-state index contributed by atoms with van der Waals surface area (Å²) in [6.45, 7) is 1.20. The Morgan fingerprint density at radius 3 is 2.82 bits per heavy atom. The molecule has 0 saturated heterocycles. The van der Waals surface area contributed by atoms with E-state index in [4.69, 9.17) is 9.84 Å². The van der Waals surface area contributed by atoms with Gasteiger partial charge in [0.25, 0.3) is 0 Å². The van der Waals surface area contributed by atoms with E-state index in [9.17, 15) is 9.59 Å². The van der Waals surface area contributed by atoms with E-state index in [1.807, 2.05) is 4.90 Å². The third-order valence-electron chi connectivity index (χ3n) is 6.19. The molecular weight excluding hydrogens is 458 g/mol. The molecule has 2 amide bonds. The number of anilines is 1. The lowest BCUT2D eigenvalue weighted by molar-refractivity contribution is -0.133. The summed E-state index contributed by atoms with van der Waals surface area (Å²) in [6.07, 6.45) is 11.5. The van der Waals surface area contributed by atoms with E-state index in [0.717, 1.165) is 48.5 Å². The van der Waals surface area contributed by atoms with E-state index in [1.165, 1.54) is 53.5 Å². The van der Waals surface area contributed by atoms with Crippen LogP contribution in [0.3, 0.4) is 0 Å². The molecule has 1 heterocycles. The number of aryl methyl sites for hydroxylation is 2. The number of rotatable bonds is 10. The number of aromatic nitrogens is 1. The lowest BCUT2D eigenvalue weighted by atomic mass is 9.94. The fourth-order valence-electron chi connectivity index (χ4n) is 4.59. The number of nitrogens with zero attached hydrogens (tertiary/aromatic N) is 2. The highest BCUT2D eigenvalue weighted by molar-refractivity contribution is 8.01. The van der Waals surface area contributed by atoms with Crippen LogP contribution in [0, 0.1) is 0 Å². The van der Waals surface area contributed by atoms with E-state index in [1.54, 1.807) is 6.20 Å². The number of aliphatic carboxylic acids is 1. The van der Waals surface area contributed by atoms with Crippen LogP contribution in [0.4, 0.5) is 9.93 Å². The van der Waals surface area contributed by atoms with Gasteiger partial charge in [-0.25, -0.2) is 9.78 Å². The number of amides is 2. The van der Waals surface area contributed by atoms with Gasteiger partial charge < -0.3 is 14.7 Å². The normalized spacial score (nSPS) is 15.8. The van der Waals surface area contributed by atoms with E-state index >= 15 is 0 Å². The molecule has 0 atom stereocenters. The number of nitrogens with one attached hydrogen (secondary N) is 1. The van der Waals surface area contributed by atoms with Gasteiger partial charge in [0.15, 0.2) is 5.13 Å². The molecule has 2 aromatic rings. The first-order valence-electron chi connectivity index (χ1n) is 11.7. The van der Waals surface area contributed by atoms with Gasteiger partial charge in [-0.05, 0) is 61.8 Å². The zero-order chi connectivity index (χ0) is 23.0. The Morgan fingerprint density at radius 2 is 2.00 bits per heavy atom. The SMILES string of the molecule is O=C(O)CSc1cnc(NC(=O)N(CCCOc2ccc3c(c2)CCC3)C2CCCCC2)s1. The summed E-state index contributed by atoms with van der Waals surface area (Å²) >= 11 is 2.52. The van der Waals surface area contributed by atoms with Gasteiger partial charge in [-0.15, -0.1) is 11.8 Å². The van der Waals surface area contributed by atoms with E-state index in [0.29, 0.717) is 18.3 Å². The van der Waals surface area contributed by atoms with Crippen LogP contribution in [0.15, 0.2) is 28.6 Å². The molecule has 0 aliphatic heterocycles. The molecule has 2 aliphatic carbocycles. The van der Waals surface area contributed by atoms with Crippen molar-refractivity contribution in [1.29, 1.82) is 0 Å². The number of hydrogen-bond donors (Lipinski definition) is 2. The highest BCUT2D eigenvalue weighted by Gasteiger charge is 2.26. The predicted molar refractivity (Wildman–Crippen MR) is 132 cm³/mol. The second-order valence-corrected chi connectivity index (χ2v) is 10.9. The van der Waals surface area contributed by atoms with Crippen molar-refractivity contribution in [1.82, 2.24) is 9.88 Å². The van der Waals surface area contributed by atoms with Crippen LogP contribution < -0.4 is 10.1 Å². The molecule has 2 N–H and O–H groups in total. The van der Waals surface area contributed by atoms with E-state index < -0.39 is 5.97 Å². The molecule has 178 valence electrons. The number of fused-ring (bicyclic) bond motifs is 1. The Balaban J connectivity index is 1.30. The summed E-state index contributed by atoms with van der Waals surface area (Å²) in [7, 11) is 0. The lowest BCUT2D eigenvalue weighted by Crippen LogP contribution is -2.44. The first kappa shape index (κ1) is 23.9. The summed E-state index contributed by atoms with van der Waals surface area (Å²) < 4.78 is 6.77. The summed E-state index contributed by atoms with van der Waals surface area (Å²) in [4.78, 5) is 30.1. The van der Waals surface area contributed by atoms with Gasteiger partial charge in [0.05, 0.1) is 22.8 Å². The first-order chi connectivity index (χ1) is 16.1. The molecule has 1 aromatic carbocycles. The molecule has 2 aliphatic rings. The average molecular weight is 490 g/mol. The van der Waals surface area contributed by atoms with Crippen molar-refractivity contribution in [2.24, 2.45) is 0 Å². The molecule has 1 fully saturated rings. The molecule has 0 bridgehead atoms. The second-order valence-electron chi connectivity index (χ2n) is 8.57. The second kappa shape index (κ2) is 11.7. The van der Waals surface area contributed by atoms with Gasteiger partial charge in [-0.3, -0.25) is 10.1 Å². The average Bonchev–Trinajstić information content (AvgIpc) is 3.47. The highest BCUT2D eigenvalue weighted by atomic mass is 32.2. The number of carboxylic acids is 1. The van der Waals surface area contributed by atoms with Crippen molar-refractivity contribution < 1.29 is 19.4 Å². The van der Waals surface area contributed by atoms with Gasteiger partial charge in [0, 0.05) is 12.6 Å². The summed E-state index contributed by atoms with van der Waals surface area (Å²) in [5.74, 6) is 0.0247. The van der Waals surface area contributed by atoms with Crippen molar-refractivity contribution in [2.45, 2.75) is 68.0 Å². The largest absolute Gasteiger partial charge is 0.494 e. The fourth-order valence-corrected chi connectivity index (χ4v) is 6.17. The van der Waals surface area contributed by atoms with Crippen LogP contribution in [0.25, 0.3) is 0 Å². The zero-order valence-electron chi connectivity index (χ0n) is 18.8. The number of ether oxygens (including phenoxy) is 1.